The van der Waals surface area contributed by atoms with Crippen LogP contribution in [0, 0.1) is 0 Å². The monoisotopic (exact) mass is 508 g/mol. The normalized spacial score (nSPS) is 16.0. The largest absolute Gasteiger partial charge is 0.443 e. The second-order valence-corrected chi connectivity index (χ2v) is 12.3. The van der Waals surface area contributed by atoms with Gasteiger partial charge in [-0.2, -0.15) is 0 Å². The Labute approximate surface area is 220 Å². The Kier molecular flexibility index (Phi) is 7.46. The molecule has 0 N–H and O–H groups in total. The fourth-order valence-electron chi connectivity index (χ4n) is 4.19. The zero-order valence-corrected chi connectivity index (χ0v) is 23.7. The summed E-state index contributed by atoms with van der Waals surface area (Å²) in [5.41, 5.74) is 0.679. The molecule has 0 spiro atoms. The molecule has 3 rings (SSSR count). The first-order chi connectivity index (χ1) is 16.9. The molecule has 2 aromatic rings. The van der Waals surface area contributed by atoms with Gasteiger partial charge < -0.3 is 9.64 Å². The summed E-state index contributed by atoms with van der Waals surface area (Å²) in [7, 11) is 0. The molecule has 0 bridgehead atoms. The highest BCUT2D eigenvalue weighted by atomic mass is 16.6. The van der Waals surface area contributed by atoms with Crippen LogP contribution < -0.4 is 9.80 Å². The van der Waals surface area contributed by atoms with Gasteiger partial charge in [-0.05, 0) is 89.3 Å². The predicted octanol–water partition coefficient (Wildman–Crippen LogP) is 6.28. The number of imide groups is 1. The van der Waals surface area contributed by atoms with Crippen molar-refractivity contribution in [3.63, 3.8) is 0 Å². The van der Waals surface area contributed by atoms with Crippen LogP contribution in [0.25, 0.3) is 0 Å². The van der Waals surface area contributed by atoms with Crippen LogP contribution in [0.3, 0.4) is 0 Å². The zero-order valence-electron chi connectivity index (χ0n) is 23.7. The summed E-state index contributed by atoms with van der Waals surface area (Å²) in [4.78, 5) is 48.5. The Morgan fingerprint density at radius 1 is 1.03 bits per heavy atom. The molecule has 1 aromatic carbocycles. The number of amides is 4. The van der Waals surface area contributed by atoms with Crippen molar-refractivity contribution in [3.8, 4) is 0 Å². The van der Waals surface area contributed by atoms with E-state index in [1.54, 1.807) is 37.1 Å². The number of benzene rings is 1. The summed E-state index contributed by atoms with van der Waals surface area (Å²) in [5, 5.41) is 0. The van der Waals surface area contributed by atoms with E-state index in [4.69, 9.17) is 4.74 Å². The van der Waals surface area contributed by atoms with E-state index in [0.717, 1.165) is 11.1 Å². The molecule has 200 valence electrons. The zero-order chi connectivity index (χ0) is 27.9. The summed E-state index contributed by atoms with van der Waals surface area (Å²) < 4.78 is 5.58. The predicted molar refractivity (Wildman–Crippen MR) is 146 cm³/mol. The van der Waals surface area contributed by atoms with Gasteiger partial charge in [-0.15, -0.1) is 0 Å². The molecular weight excluding hydrogens is 468 g/mol. The van der Waals surface area contributed by atoms with Gasteiger partial charge in [0.2, 0.25) is 0 Å². The van der Waals surface area contributed by atoms with E-state index in [2.05, 4.69) is 25.8 Å². The first-order valence-corrected chi connectivity index (χ1v) is 12.7. The van der Waals surface area contributed by atoms with Gasteiger partial charge in [-0.3, -0.25) is 9.69 Å². The van der Waals surface area contributed by atoms with Crippen LogP contribution in [0.5, 0.6) is 0 Å². The van der Waals surface area contributed by atoms with E-state index >= 15 is 0 Å². The molecule has 0 saturated carbocycles. The number of anilines is 2. The number of rotatable bonds is 5. The van der Waals surface area contributed by atoms with E-state index in [0.29, 0.717) is 11.5 Å². The molecule has 1 fully saturated rings. The molecule has 1 saturated heterocycles. The van der Waals surface area contributed by atoms with Crippen LogP contribution in [0.15, 0.2) is 42.6 Å². The fourth-order valence-corrected chi connectivity index (χ4v) is 4.19. The van der Waals surface area contributed by atoms with Crippen molar-refractivity contribution in [2.75, 3.05) is 9.80 Å². The van der Waals surface area contributed by atoms with Crippen molar-refractivity contribution in [1.82, 2.24) is 9.88 Å². The summed E-state index contributed by atoms with van der Waals surface area (Å²) in [6.07, 6.45) is 1.10. The number of urea groups is 1. The van der Waals surface area contributed by atoms with Crippen molar-refractivity contribution in [3.05, 3.63) is 53.7 Å². The van der Waals surface area contributed by atoms with Gasteiger partial charge in [0.1, 0.15) is 17.0 Å². The number of pyridine rings is 1. The van der Waals surface area contributed by atoms with Crippen LogP contribution in [0.1, 0.15) is 80.4 Å². The topological polar surface area (TPSA) is 83.0 Å². The number of carbonyl (C=O) groups is 3. The Hall–Kier alpha value is -3.42. The number of hydrogen-bond acceptors (Lipinski definition) is 5. The third-order valence-corrected chi connectivity index (χ3v) is 6.32. The van der Waals surface area contributed by atoms with Crippen molar-refractivity contribution >= 4 is 29.5 Å². The Morgan fingerprint density at radius 2 is 1.62 bits per heavy atom. The molecular formula is C29H40N4O4. The highest BCUT2D eigenvalue weighted by Crippen LogP contribution is 2.35. The van der Waals surface area contributed by atoms with E-state index < -0.39 is 17.2 Å². The van der Waals surface area contributed by atoms with Gasteiger partial charge in [0, 0.05) is 18.8 Å². The first-order valence-electron chi connectivity index (χ1n) is 12.7. The number of ether oxygens (including phenoxy) is 1. The van der Waals surface area contributed by atoms with Crippen LogP contribution in [0.4, 0.5) is 21.1 Å². The van der Waals surface area contributed by atoms with E-state index in [1.165, 1.54) is 9.80 Å². The molecule has 4 amide bonds. The Bertz CT molecular complexity index is 1170. The van der Waals surface area contributed by atoms with E-state index in [1.807, 2.05) is 58.9 Å². The van der Waals surface area contributed by atoms with Crippen molar-refractivity contribution < 1.29 is 19.1 Å². The molecule has 2 heterocycles. The lowest BCUT2D eigenvalue weighted by molar-refractivity contribution is -0.123. The van der Waals surface area contributed by atoms with Crippen LogP contribution in [-0.2, 0) is 21.5 Å². The molecule has 37 heavy (non-hydrogen) atoms. The minimum Gasteiger partial charge on any atom is -0.443 e. The fraction of sp³-hybridized carbons (Fsp3) is 0.517. The smallest absolute Gasteiger partial charge is 0.416 e. The first kappa shape index (κ1) is 28.2. The quantitative estimate of drug-likeness (QED) is 0.444. The van der Waals surface area contributed by atoms with Crippen molar-refractivity contribution in [1.29, 1.82) is 0 Å². The number of aromatic nitrogens is 1. The van der Waals surface area contributed by atoms with E-state index in [-0.39, 0.29) is 29.9 Å². The average Bonchev–Trinajstić information content (AvgIpc) is 2.91. The third-order valence-electron chi connectivity index (χ3n) is 6.32. The lowest BCUT2D eigenvalue weighted by Gasteiger charge is -2.30. The van der Waals surface area contributed by atoms with Gasteiger partial charge >= 0.3 is 12.1 Å². The second kappa shape index (κ2) is 9.80. The maximum absolute atomic E-state index is 13.5. The maximum atomic E-state index is 13.5. The summed E-state index contributed by atoms with van der Waals surface area (Å²) in [6.45, 7) is 19.2. The molecule has 0 radical (unpaired) electrons. The van der Waals surface area contributed by atoms with E-state index in [9.17, 15) is 14.4 Å². The average molecular weight is 509 g/mol. The molecule has 1 aliphatic rings. The van der Waals surface area contributed by atoms with Gasteiger partial charge in [0.05, 0.1) is 5.69 Å². The van der Waals surface area contributed by atoms with Crippen LogP contribution >= 0.6 is 0 Å². The summed E-state index contributed by atoms with van der Waals surface area (Å²) >= 11 is 0. The highest BCUT2D eigenvalue weighted by molar-refractivity contribution is 6.22. The second-order valence-electron chi connectivity index (χ2n) is 12.3. The Balaban J connectivity index is 1.89. The molecule has 0 atom stereocenters. The van der Waals surface area contributed by atoms with Crippen molar-refractivity contribution in [2.45, 2.75) is 98.4 Å². The van der Waals surface area contributed by atoms with Gasteiger partial charge in [-0.1, -0.05) is 32.9 Å². The molecule has 8 heteroatoms. The molecule has 1 aliphatic heterocycles. The molecule has 8 nitrogen and oxygen atoms in total. The SMILES string of the molecule is CC(C)N(C(=O)OC(C)(C)C)c1cc(CN2C(=O)N(c3ccc(C(C)(C)C)cc3)C(=O)C2(C)C)ccn1. The number of nitrogens with zero attached hydrogens (tertiary/aromatic N) is 4. The number of carbonyl (C=O) groups excluding carboxylic acids is 3. The van der Waals surface area contributed by atoms with Crippen LogP contribution in [0.2, 0.25) is 0 Å². The van der Waals surface area contributed by atoms with Crippen LogP contribution in [-0.4, -0.2) is 45.1 Å². The maximum Gasteiger partial charge on any atom is 0.416 e. The summed E-state index contributed by atoms with van der Waals surface area (Å²) in [6, 6.07) is 10.5. The molecule has 0 aliphatic carbocycles. The Morgan fingerprint density at radius 3 is 2.14 bits per heavy atom. The third kappa shape index (κ3) is 5.95. The molecule has 0 unspecified atom stereocenters. The number of hydrogen-bond donors (Lipinski definition) is 0. The standard InChI is InChI=1S/C29H40N4O4/c1-19(2)32(26(36)37-28(6,7)8)23-17-20(15-16-30-23)18-31-25(35)33(24(34)29(31,9)10)22-13-11-21(12-14-22)27(3,4)5/h11-17,19H,18H2,1-10H3. The van der Waals surface area contributed by atoms with Crippen molar-refractivity contribution in [2.24, 2.45) is 0 Å². The highest BCUT2D eigenvalue weighted by Gasteiger charge is 2.51. The van der Waals surface area contributed by atoms with Gasteiger partial charge in [-0.25, -0.2) is 19.5 Å². The lowest BCUT2D eigenvalue weighted by atomic mass is 9.87. The molecule has 1 aromatic heterocycles. The van der Waals surface area contributed by atoms with Gasteiger partial charge in [0.15, 0.2) is 0 Å². The minimum atomic E-state index is -1.05. The lowest BCUT2D eigenvalue weighted by Crippen LogP contribution is -2.44. The minimum absolute atomic E-state index is 0.0366. The summed E-state index contributed by atoms with van der Waals surface area (Å²) in [5.74, 6) is 0.139. The van der Waals surface area contributed by atoms with Gasteiger partial charge in [0.25, 0.3) is 5.91 Å².